The monoisotopic (exact) mass is 157 g/mol. The summed E-state index contributed by atoms with van der Waals surface area (Å²) in [4.78, 5) is 0. The van der Waals surface area contributed by atoms with E-state index in [0.29, 0.717) is 6.42 Å². The maximum absolute atomic E-state index is 11.9. The summed E-state index contributed by atoms with van der Waals surface area (Å²) in [5.41, 5.74) is 0. The Kier molecular flexibility index (Phi) is 3.68. The van der Waals surface area contributed by atoms with Gasteiger partial charge in [-0.25, -0.2) is 4.39 Å². The van der Waals surface area contributed by atoms with Gasteiger partial charge in [-0.3, -0.25) is 0 Å². The first-order valence-electron chi connectivity index (χ1n) is 2.98. The molecule has 0 saturated carbocycles. The van der Waals surface area contributed by atoms with Crippen molar-refractivity contribution in [3.63, 3.8) is 0 Å². The van der Waals surface area contributed by atoms with Crippen molar-refractivity contribution in [2.75, 3.05) is 0 Å². The molecule has 0 aliphatic rings. The van der Waals surface area contributed by atoms with Gasteiger partial charge in [-0.05, 0) is 6.42 Å². The van der Waals surface area contributed by atoms with Crippen LogP contribution >= 0.6 is 0 Å². The van der Waals surface area contributed by atoms with E-state index >= 15 is 0 Å². The molecule has 0 aromatic heterocycles. The van der Waals surface area contributed by atoms with Gasteiger partial charge in [0.05, 0.1) is 0 Å². The van der Waals surface area contributed by atoms with Crippen molar-refractivity contribution in [3.8, 4) is 0 Å². The first-order valence-corrected chi connectivity index (χ1v) is 2.98. The lowest BCUT2D eigenvalue weighted by molar-refractivity contribution is -0.182. The number of rotatable bonds is 3. The quantitative estimate of drug-likeness (QED) is 0.552. The zero-order valence-electron chi connectivity index (χ0n) is 5.42. The van der Waals surface area contributed by atoms with Crippen LogP contribution in [-0.4, -0.2) is 12.3 Å². The third kappa shape index (κ3) is 3.69. The van der Waals surface area contributed by atoms with Crippen LogP contribution in [0.2, 0.25) is 0 Å². The Morgan fingerprint density at radius 3 is 2.10 bits per heavy atom. The van der Waals surface area contributed by atoms with Crippen LogP contribution in [0.4, 0.5) is 17.6 Å². The lowest BCUT2D eigenvalue weighted by Crippen LogP contribution is -2.23. The van der Waals surface area contributed by atoms with Gasteiger partial charge < -0.3 is 0 Å². The van der Waals surface area contributed by atoms with Crippen LogP contribution in [0.15, 0.2) is 0 Å². The summed E-state index contributed by atoms with van der Waals surface area (Å²) in [7, 11) is 0. The summed E-state index contributed by atoms with van der Waals surface area (Å²) in [6, 6.07) is 0. The molecule has 0 aliphatic heterocycles. The third-order valence-electron chi connectivity index (χ3n) is 1.06. The molecule has 0 aliphatic carbocycles. The van der Waals surface area contributed by atoms with Crippen LogP contribution < -0.4 is 0 Å². The van der Waals surface area contributed by atoms with E-state index in [4.69, 9.17) is 0 Å². The van der Waals surface area contributed by atoms with E-state index in [1.807, 2.05) is 0 Å². The molecule has 61 valence electrons. The molecule has 0 saturated heterocycles. The Morgan fingerprint density at radius 2 is 1.80 bits per heavy atom. The summed E-state index contributed by atoms with van der Waals surface area (Å²) in [5.74, 6) is 0. The fourth-order valence-electron chi connectivity index (χ4n) is 0.487. The van der Waals surface area contributed by atoms with Crippen LogP contribution in [0.3, 0.4) is 0 Å². The molecule has 0 spiro atoms. The highest BCUT2D eigenvalue weighted by Gasteiger charge is 2.39. The van der Waals surface area contributed by atoms with Crippen LogP contribution in [0.25, 0.3) is 0 Å². The van der Waals surface area contributed by atoms with E-state index in [2.05, 4.69) is 6.92 Å². The average molecular weight is 157 g/mol. The highest BCUT2D eigenvalue weighted by Crippen LogP contribution is 2.26. The van der Waals surface area contributed by atoms with Gasteiger partial charge in [0.1, 0.15) is 0 Å². The Labute approximate surface area is 57.2 Å². The smallest absolute Gasteiger partial charge is 0.237 e. The van der Waals surface area contributed by atoms with Crippen molar-refractivity contribution in [1.82, 2.24) is 0 Å². The highest BCUT2D eigenvalue weighted by molar-refractivity contribution is 4.65. The summed E-state index contributed by atoms with van der Waals surface area (Å²) >= 11 is 0. The number of hydrogen-bond donors (Lipinski definition) is 0. The summed E-state index contributed by atoms with van der Waals surface area (Å²) in [5, 5.41) is 0. The van der Waals surface area contributed by atoms with Gasteiger partial charge in [-0.15, -0.1) is 0 Å². The van der Waals surface area contributed by atoms with Crippen LogP contribution in [-0.2, 0) is 0 Å². The number of hydrogen-bond acceptors (Lipinski definition) is 0. The second-order valence-electron chi connectivity index (χ2n) is 2.00. The van der Waals surface area contributed by atoms with Gasteiger partial charge in [0.15, 0.2) is 6.17 Å². The Morgan fingerprint density at radius 1 is 1.30 bits per heavy atom. The molecule has 0 nitrogen and oxygen atoms in total. The Hall–Kier alpha value is -0.280. The molecular weight excluding hydrogens is 148 g/mol. The van der Waals surface area contributed by atoms with Gasteiger partial charge in [0, 0.05) is 0 Å². The molecular formula is C6H9F4. The maximum Gasteiger partial charge on any atom is 0.419 e. The zero-order valence-corrected chi connectivity index (χ0v) is 5.42. The molecule has 0 aromatic rings. The highest BCUT2D eigenvalue weighted by atomic mass is 19.4. The normalized spacial score (nSPS) is 15.3. The maximum atomic E-state index is 11.9. The van der Waals surface area contributed by atoms with Crippen molar-refractivity contribution < 1.29 is 17.6 Å². The predicted molar refractivity (Wildman–Crippen MR) is 30.2 cm³/mol. The molecule has 0 rings (SSSR count). The molecule has 1 radical (unpaired) electrons. The van der Waals surface area contributed by atoms with Crippen LogP contribution in [0.5, 0.6) is 0 Å². The molecule has 0 unspecified atom stereocenters. The average Bonchev–Trinajstić information content (AvgIpc) is 1.80. The molecule has 0 aromatic carbocycles. The van der Waals surface area contributed by atoms with E-state index in [1.165, 1.54) is 0 Å². The van der Waals surface area contributed by atoms with Crippen LogP contribution in [0.1, 0.15) is 19.3 Å². The molecule has 0 amide bonds. The summed E-state index contributed by atoms with van der Waals surface area (Å²) in [6.07, 6.45) is -7.30. The van der Waals surface area contributed by atoms with Crippen LogP contribution in [0, 0.1) is 6.92 Å². The van der Waals surface area contributed by atoms with E-state index < -0.39 is 18.8 Å². The SMILES string of the molecule is [CH2]CCC[C@H](F)C(F)(F)F. The molecule has 4 heteroatoms. The molecule has 0 bridgehead atoms. The standard InChI is InChI=1S/C6H9F4/c1-2-3-4-5(7)6(8,9)10/h5H,1-4H2/t5-/m0/s1. The summed E-state index contributed by atoms with van der Waals surface area (Å²) in [6.45, 7) is 3.31. The Balaban J connectivity index is 3.52. The first kappa shape index (κ1) is 9.72. The van der Waals surface area contributed by atoms with Gasteiger partial charge in [0.25, 0.3) is 0 Å². The minimum Gasteiger partial charge on any atom is -0.237 e. The third-order valence-corrected chi connectivity index (χ3v) is 1.06. The van der Waals surface area contributed by atoms with E-state index in [9.17, 15) is 17.6 Å². The topological polar surface area (TPSA) is 0 Å². The van der Waals surface area contributed by atoms with Crippen molar-refractivity contribution in [1.29, 1.82) is 0 Å². The largest absolute Gasteiger partial charge is 0.419 e. The molecule has 0 N–H and O–H groups in total. The lowest BCUT2D eigenvalue weighted by atomic mass is 10.2. The van der Waals surface area contributed by atoms with E-state index in [-0.39, 0.29) is 6.42 Å². The first-order chi connectivity index (χ1) is 4.48. The predicted octanol–water partition coefficient (Wildman–Crippen LogP) is 2.89. The molecule has 1 atom stereocenters. The van der Waals surface area contributed by atoms with Crippen molar-refractivity contribution in [3.05, 3.63) is 6.92 Å². The second-order valence-corrected chi connectivity index (χ2v) is 2.00. The molecule has 0 heterocycles. The minimum atomic E-state index is -4.69. The van der Waals surface area contributed by atoms with E-state index in [0.717, 1.165) is 0 Å². The molecule has 10 heavy (non-hydrogen) atoms. The number of unbranched alkanes of at least 4 members (excludes halogenated alkanes) is 1. The fourth-order valence-corrected chi connectivity index (χ4v) is 0.487. The lowest BCUT2D eigenvalue weighted by Gasteiger charge is -2.10. The molecule has 0 fully saturated rings. The number of alkyl halides is 4. The van der Waals surface area contributed by atoms with Gasteiger partial charge >= 0.3 is 6.18 Å². The number of halogens is 4. The second kappa shape index (κ2) is 3.78. The summed E-state index contributed by atoms with van der Waals surface area (Å²) < 4.78 is 46.1. The fraction of sp³-hybridized carbons (Fsp3) is 0.833. The van der Waals surface area contributed by atoms with Gasteiger partial charge in [-0.1, -0.05) is 19.8 Å². The minimum absolute atomic E-state index is 0.181. The zero-order chi connectivity index (χ0) is 8.20. The van der Waals surface area contributed by atoms with Crippen molar-refractivity contribution in [2.24, 2.45) is 0 Å². The van der Waals surface area contributed by atoms with Gasteiger partial charge in [0.2, 0.25) is 0 Å². The van der Waals surface area contributed by atoms with Gasteiger partial charge in [-0.2, -0.15) is 13.2 Å². The Bertz CT molecular complexity index is 86.2. The van der Waals surface area contributed by atoms with Crippen molar-refractivity contribution >= 4 is 0 Å². The van der Waals surface area contributed by atoms with E-state index in [1.54, 1.807) is 0 Å². The van der Waals surface area contributed by atoms with Crippen molar-refractivity contribution in [2.45, 2.75) is 31.6 Å².